The number of aliphatic hydroxyl groups is 4. The van der Waals surface area contributed by atoms with Crippen LogP contribution in [0.5, 0.6) is 0 Å². The van der Waals surface area contributed by atoms with Crippen molar-refractivity contribution in [2.75, 3.05) is 13.2 Å². The summed E-state index contributed by atoms with van der Waals surface area (Å²) in [6, 6.07) is 0. The SMILES string of the molecule is C=CCC1(OOCC)O[C@H](CO)[C@@H](O)[C@H](O)[C@H]1O. The van der Waals surface area contributed by atoms with Crippen LogP contribution in [0.4, 0.5) is 0 Å². The number of hydrogen-bond acceptors (Lipinski definition) is 7. The molecule has 4 N–H and O–H groups in total. The highest BCUT2D eigenvalue weighted by Crippen LogP contribution is 2.34. The van der Waals surface area contributed by atoms with Crippen LogP contribution in [-0.2, 0) is 14.5 Å². The molecule has 0 spiro atoms. The fourth-order valence-corrected chi connectivity index (χ4v) is 1.84. The van der Waals surface area contributed by atoms with Gasteiger partial charge < -0.3 is 25.2 Å². The lowest BCUT2D eigenvalue weighted by atomic mass is 9.91. The highest BCUT2D eigenvalue weighted by Gasteiger charge is 2.54. The van der Waals surface area contributed by atoms with Gasteiger partial charge in [0.2, 0.25) is 5.79 Å². The third-order valence-corrected chi connectivity index (χ3v) is 2.78. The highest BCUT2D eigenvalue weighted by molar-refractivity contribution is 4.99. The van der Waals surface area contributed by atoms with E-state index in [1.807, 2.05) is 0 Å². The van der Waals surface area contributed by atoms with Gasteiger partial charge in [-0.3, -0.25) is 0 Å². The van der Waals surface area contributed by atoms with Gasteiger partial charge in [-0.15, -0.1) is 6.58 Å². The van der Waals surface area contributed by atoms with E-state index in [2.05, 4.69) is 6.58 Å². The lowest BCUT2D eigenvalue weighted by Gasteiger charge is -2.46. The van der Waals surface area contributed by atoms with E-state index < -0.39 is 36.8 Å². The second-order valence-electron chi connectivity index (χ2n) is 4.06. The van der Waals surface area contributed by atoms with Crippen molar-refractivity contribution in [2.24, 2.45) is 0 Å². The second-order valence-corrected chi connectivity index (χ2v) is 4.06. The topological polar surface area (TPSA) is 109 Å². The fraction of sp³-hybridized carbons (Fsp3) is 0.818. The maximum atomic E-state index is 9.96. The first-order valence-electron chi connectivity index (χ1n) is 5.76. The van der Waals surface area contributed by atoms with Crippen LogP contribution in [0.15, 0.2) is 12.7 Å². The summed E-state index contributed by atoms with van der Waals surface area (Å²) in [6.07, 6.45) is -4.09. The number of hydrogen-bond donors (Lipinski definition) is 4. The predicted octanol–water partition coefficient (Wildman–Crippen LogP) is -1.30. The van der Waals surface area contributed by atoms with Crippen molar-refractivity contribution < 1.29 is 34.9 Å². The molecule has 106 valence electrons. The van der Waals surface area contributed by atoms with Crippen LogP contribution in [0.3, 0.4) is 0 Å². The van der Waals surface area contributed by atoms with Gasteiger partial charge in [0.1, 0.15) is 24.4 Å². The van der Waals surface area contributed by atoms with E-state index in [1.165, 1.54) is 6.08 Å². The van der Waals surface area contributed by atoms with E-state index in [-0.39, 0.29) is 13.0 Å². The van der Waals surface area contributed by atoms with Crippen molar-refractivity contribution in [1.82, 2.24) is 0 Å². The standard InChI is InChI=1S/C11H20O7/c1-3-5-11(18-16-4-2)10(15)9(14)8(13)7(6-12)17-11/h3,7-10,12-15H,1,4-6H2,2H3/t7-,8-,9+,10-,11?/m1/s1. The molecular weight excluding hydrogens is 244 g/mol. The predicted molar refractivity (Wildman–Crippen MR) is 60.2 cm³/mol. The molecule has 1 heterocycles. The average molecular weight is 264 g/mol. The van der Waals surface area contributed by atoms with Crippen molar-refractivity contribution in [3.8, 4) is 0 Å². The van der Waals surface area contributed by atoms with Crippen molar-refractivity contribution in [2.45, 2.75) is 43.5 Å². The van der Waals surface area contributed by atoms with Gasteiger partial charge >= 0.3 is 0 Å². The lowest BCUT2D eigenvalue weighted by Crippen LogP contribution is -2.65. The van der Waals surface area contributed by atoms with Crippen LogP contribution in [-0.4, -0.2) is 63.8 Å². The average Bonchev–Trinajstić information content (AvgIpc) is 2.38. The summed E-state index contributed by atoms with van der Waals surface area (Å²) in [6.45, 7) is 4.85. The Morgan fingerprint density at radius 3 is 2.50 bits per heavy atom. The molecule has 5 atom stereocenters. The van der Waals surface area contributed by atoms with Crippen LogP contribution in [0.2, 0.25) is 0 Å². The summed E-state index contributed by atoms with van der Waals surface area (Å²) in [5.41, 5.74) is 0. The van der Waals surface area contributed by atoms with Crippen molar-refractivity contribution >= 4 is 0 Å². The summed E-state index contributed by atoms with van der Waals surface area (Å²) < 4.78 is 5.33. The third-order valence-electron chi connectivity index (χ3n) is 2.78. The third kappa shape index (κ3) is 2.89. The van der Waals surface area contributed by atoms with Gasteiger partial charge in [0.05, 0.1) is 13.2 Å². The Bertz CT molecular complexity index is 270. The molecule has 7 nitrogen and oxygen atoms in total. The molecule has 0 aliphatic carbocycles. The largest absolute Gasteiger partial charge is 0.394 e. The molecule has 18 heavy (non-hydrogen) atoms. The number of rotatable bonds is 6. The van der Waals surface area contributed by atoms with Gasteiger partial charge in [0.15, 0.2) is 0 Å². The summed E-state index contributed by atoms with van der Waals surface area (Å²) in [4.78, 5) is 9.77. The fourth-order valence-electron chi connectivity index (χ4n) is 1.84. The van der Waals surface area contributed by atoms with Crippen LogP contribution < -0.4 is 0 Å². The van der Waals surface area contributed by atoms with Crippen LogP contribution >= 0.6 is 0 Å². The second kappa shape index (κ2) is 6.58. The van der Waals surface area contributed by atoms with E-state index in [0.29, 0.717) is 0 Å². The van der Waals surface area contributed by atoms with E-state index in [1.54, 1.807) is 6.92 Å². The maximum absolute atomic E-state index is 9.96. The first-order valence-corrected chi connectivity index (χ1v) is 5.76. The first-order chi connectivity index (χ1) is 8.52. The Morgan fingerprint density at radius 2 is 2.00 bits per heavy atom. The van der Waals surface area contributed by atoms with Gasteiger partial charge in [0.25, 0.3) is 0 Å². The molecule has 1 unspecified atom stereocenters. The smallest absolute Gasteiger partial charge is 0.234 e. The summed E-state index contributed by atoms with van der Waals surface area (Å²) in [5, 5.41) is 38.4. The minimum atomic E-state index is -1.69. The maximum Gasteiger partial charge on any atom is 0.234 e. The van der Waals surface area contributed by atoms with Crippen molar-refractivity contribution in [1.29, 1.82) is 0 Å². The number of ether oxygens (including phenoxy) is 1. The molecule has 0 radical (unpaired) electrons. The van der Waals surface area contributed by atoms with E-state index in [0.717, 1.165) is 0 Å². The lowest BCUT2D eigenvalue weighted by molar-refractivity contribution is -0.476. The zero-order valence-corrected chi connectivity index (χ0v) is 10.2. The van der Waals surface area contributed by atoms with Gasteiger partial charge in [-0.2, -0.15) is 4.89 Å². The minimum Gasteiger partial charge on any atom is -0.394 e. The molecule has 0 saturated carbocycles. The van der Waals surface area contributed by atoms with Crippen LogP contribution in [0.25, 0.3) is 0 Å². The number of aliphatic hydroxyl groups excluding tert-OH is 4. The van der Waals surface area contributed by atoms with Crippen molar-refractivity contribution in [3.05, 3.63) is 12.7 Å². The molecule has 1 saturated heterocycles. The molecule has 0 bridgehead atoms. The van der Waals surface area contributed by atoms with Crippen molar-refractivity contribution in [3.63, 3.8) is 0 Å². The molecule has 0 aromatic heterocycles. The summed E-state index contributed by atoms with van der Waals surface area (Å²) >= 11 is 0. The molecule has 1 aliphatic heterocycles. The minimum absolute atomic E-state index is 0.0223. The van der Waals surface area contributed by atoms with E-state index in [9.17, 15) is 15.3 Å². The quantitative estimate of drug-likeness (QED) is 0.268. The van der Waals surface area contributed by atoms with E-state index in [4.69, 9.17) is 19.6 Å². The zero-order chi connectivity index (χ0) is 13.8. The Balaban J connectivity index is 2.94. The zero-order valence-electron chi connectivity index (χ0n) is 10.2. The first kappa shape index (κ1) is 15.5. The molecule has 1 rings (SSSR count). The Hall–Kier alpha value is -0.540. The molecule has 1 aliphatic rings. The molecule has 7 heteroatoms. The van der Waals surface area contributed by atoms with Crippen LogP contribution in [0.1, 0.15) is 13.3 Å². The van der Waals surface area contributed by atoms with E-state index >= 15 is 0 Å². The van der Waals surface area contributed by atoms with Gasteiger partial charge in [-0.05, 0) is 6.92 Å². The molecular formula is C11H20O7. The van der Waals surface area contributed by atoms with Crippen LogP contribution in [0, 0.1) is 0 Å². The highest BCUT2D eigenvalue weighted by atomic mass is 17.2. The Morgan fingerprint density at radius 1 is 1.33 bits per heavy atom. The summed E-state index contributed by atoms with van der Waals surface area (Å²) in [5.74, 6) is -1.69. The Labute approximate surface area is 105 Å². The molecule has 1 fully saturated rings. The van der Waals surface area contributed by atoms with Gasteiger partial charge in [-0.1, -0.05) is 6.08 Å². The monoisotopic (exact) mass is 264 g/mol. The van der Waals surface area contributed by atoms with Gasteiger partial charge in [-0.25, -0.2) is 4.89 Å². The summed E-state index contributed by atoms with van der Waals surface area (Å²) in [7, 11) is 0. The molecule has 0 aromatic rings. The van der Waals surface area contributed by atoms with Gasteiger partial charge in [0, 0.05) is 6.42 Å². The normalized spacial score (nSPS) is 40.7. The Kier molecular flexibility index (Phi) is 5.67. The molecule has 0 aromatic carbocycles. The molecule has 0 amide bonds.